The van der Waals surface area contributed by atoms with E-state index in [1.54, 1.807) is 6.07 Å². The van der Waals surface area contributed by atoms with E-state index in [0.717, 1.165) is 24.8 Å². The second-order valence-electron chi connectivity index (χ2n) is 4.91. The average molecular weight is 273 g/mol. The predicted molar refractivity (Wildman–Crippen MR) is 67.2 cm³/mol. The highest BCUT2D eigenvalue weighted by Gasteiger charge is 2.32. The summed E-state index contributed by atoms with van der Waals surface area (Å²) in [6.07, 6.45) is -0.284. The van der Waals surface area contributed by atoms with Crippen molar-refractivity contribution in [3.63, 3.8) is 0 Å². The van der Waals surface area contributed by atoms with E-state index < -0.39 is 6.36 Å². The van der Waals surface area contributed by atoms with Crippen LogP contribution in [0.15, 0.2) is 24.3 Å². The number of rotatable bonds is 3. The van der Waals surface area contributed by atoms with Crippen LogP contribution in [0.2, 0.25) is 0 Å². The molecule has 2 nitrogen and oxygen atoms in total. The molecule has 0 bridgehead atoms. The van der Waals surface area contributed by atoms with Gasteiger partial charge in [-0.25, -0.2) is 0 Å². The van der Waals surface area contributed by atoms with Crippen LogP contribution < -0.4 is 10.1 Å². The molecule has 0 radical (unpaired) electrons. The van der Waals surface area contributed by atoms with Crippen molar-refractivity contribution in [3.05, 3.63) is 29.8 Å². The summed E-state index contributed by atoms with van der Waals surface area (Å²) in [5.41, 5.74) is 0.917. The molecule has 0 heterocycles. The summed E-state index contributed by atoms with van der Waals surface area (Å²) in [5, 5.41) is 3.26. The molecule has 5 heteroatoms. The minimum atomic E-state index is -4.63. The Balaban J connectivity index is 2.17. The first-order chi connectivity index (χ1) is 8.99. The SMILES string of the molecule is CNC1CCCCC1c1cccc(OC(F)(F)F)c1. The van der Waals surface area contributed by atoms with Crippen LogP contribution in [0.3, 0.4) is 0 Å². The summed E-state index contributed by atoms with van der Waals surface area (Å²) >= 11 is 0. The van der Waals surface area contributed by atoms with Gasteiger partial charge in [-0.1, -0.05) is 25.0 Å². The molecule has 1 aromatic carbocycles. The van der Waals surface area contributed by atoms with Gasteiger partial charge in [-0.15, -0.1) is 13.2 Å². The summed E-state index contributed by atoms with van der Waals surface area (Å²) < 4.78 is 40.7. The van der Waals surface area contributed by atoms with E-state index in [4.69, 9.17) is 0 Å². The molecule has 2 unspecified atom stereocenters. The fraction of sp³-hybridized carbons (Fsp3) is 0.571. The molecule has 1 aliphatic carbocycles. The summed E-state index contributed by atoms with van der Waals surface area (Å²) in [6, 6.07) is 6.68. The lowest BCUT2D eigenvalue weighted by Gasteiger charge is -2.31. The van der Waals surface area contributed by atoms with E-state index in [1.165, 1.54) is 18.6 Å². The van der Waals surface area contributed by atoms with Crippen molar-refractivity contribution < 1.29 is 17.9 Å². The van der Waals surface area contributed by atoms with Gasteiger partial charge in [0.2, 0.25) is 0 Å². The van der Waals surface area contributed by atoms with Crippen LogP contribution in [-0.4, -0.2) is 19.5 Å². The maximum absolute atomic E-state index is 12.2. The number of hydrogen-bond acceptors (Lipinski definition) is 2. The van der Waals surface area contributed by atoms with Crippen molar-refractivity contribution in [3.8, 4) is 5.75 Å². The van der Waals surface area contributed by atoms with E-state index in [2.05, 4.69) is 10.1 Å². The van der Waals surface area contributed by atoms with Crippen molar-refractivity contribution in [1.29, 1.82) is 0 Å². The Bertz CT molecular complexity index is 419. The second-order valence-corrected chi connectivity index (χ2v) is 4.91. The van der Waals surface area contributed by atoms with Crippen LogP contribution in [0.4, 0.5) is 13.2 Å². The van der Waals surface area contributed by atoms with Gasteiger partial charge < -0.3 is 10.1 Å². The van der Waals surface area contributed by atoms with Crippen molar-refractivity contribution in [2.75, 3.05) is 7.05 Å². The van der Waals surface area contributed by atoms with Gasteiger partial charge in [0.25, 0.3) is 0 Å². The summed E-state index contributed by atoms with van der Waals surface area (Å²) in [5.74, 6) is 0.126. The third kappa shape index (κ3) is 3.86. The molecule has 0 amide bonds. The lowest BCUT2D eigenvalue weighted by molar-refractivity contribution is -0.274. The van der Waals surface area contributed by atoms with Gasteiger partial charge in [-0.3, -0.25) is 0 Å². The number of benzene rings is 1. The highest BCUT2D eigenvalue weighted by molar-refractivity contribution is 5.32. The molecule has 1 aliphatic rings. The fourth-order valence-corrected chi connectivity index (χ4v) is 2.82. The Morgan fingerprint density at radius 1 is 1.21 bits per heavy atom. The Kier molecular flexibility index (Phi) is 4.34. The molecule has 0 saturated heterocycles. The van der Waals surface area contributed by atoms with Gasteiger partial charge >= 0.3 is 6.36 Å². The summed E-state index contributed by atoms with van der Waals surface area (Å²) in [7, 11) is 1.90. The van der Waals surface area contributed by atoms with E-state index in [9.17, 15) is 13.2 Å². The Morgan fingerprint density at radius 2 is 1.95 bits per heavy atom. The first-order valence-electron chi connectivity index (χ1n) is 6.52. The van der Waals surface area contributed by atoms with Crippen LogP contribution in [-0.2, 0) is 0 Å². The van der Waals surface area contributed by atoms with E-state index >= 15 is 0 Å². The number of nitrogens with one attached hydrogen (secondary N) is 1. The molecular weight excluding hydrogens is 255 g/mol. The highest BCUT2D eigenvalue weighted by atomic mass is 19.4. The number of likely N-dealkylation sites (N-methyl/N-ethyl adjacent to an activating group) is 1. The fourth-order valence-electron chi connectivity index (χ4n) is 2.82. The molecule has 0 aromatic heterocycles. The molecular formula is C14H18F3NO. The van der Waals surface area contributed by atoms with Crippen LogP contribution in [0.25, 0.3) is 0 Å². The van der Waals surface area contributed by atoms with Crippen molar-refractivity contribution in [1.82, 2.24) is 5.32 Å². The normalized spacial score (nSPS) is 24.2. The maximum atomic E-state index is 12.2. The standard InChI is InChI=1S/C14H18F3NO/c1-18-13-8-3-2-7-12(13)10-5-4-6-11(9-10)19-14(15,16)17/h4-6,9,12-13,18H,2-3,7-8H2,1H3. The summed E-state index contributed by atoms with van der Waals surface area (Å²) in [4.78, 5) is 0. The molecule has 1 N–H and O–H groups in total. The Morgan fingerprint density at radius 3 is 2.63 bits per heavy atom. The Labute approximate surface area is 111 Å². The average Bonchev–Trinajstić information content (AvgIpc) is 2.37. The van der Waals surface area contributed by atoms with Crippen molar-refractivity contribution in [2.24, 2.45) is 0 Å². The zero-order valence-corrected chi connectivity index (χ0v) is 10.8. The maximum Gasteiger partial charge on any atom is 0.573 e. The van der Waals surface area contributed by atoms with Crippen LogP contribution in [0, 0.1) is 0 Å². The van der Waals surface area contributed by atoms with Crippen molar-refractivity contribution >= 4 is 0 Å². The predicted octanol–water partition coefficient (Wildman–Crippen LogP) is 3.83. The van der Waals surface area contributed by atoms with Crippen LogP contribution in [0.1, 0.15) is 37.2 Å². The van der Waals surface area contributed by atoms with E-state index in [-0.39, 0.29) is 11.7 Å². The van der Waals surface area contributed by atoms with Crippen molar-refractivity contribution in [2.45, 2.75) is 44.0 Å². The molecule has 1 saturated carbocycles. The van der Waals surface area contributed by atoms with Gasteiger partial charge in [0.15, 0.2) is 0 Å². The van der Waals surface area contributed by atoms with Crippen LogP contribution >= 0.6 is 0 Å². The zero-order valence-electron chi connectivity index (χ0n) is 10.8. The minimum absolute atomic E-state index is 0.134. The molecule has 19 heavy (non-hydrogen) atoms. The lowest BCUT2D eigenvalue weighted by Crippen LogP contribution is -2.34. The van der Waals surface area contributed by atoms with Crippen LogP contribution in [0.5, 0.6) is 5.75 Å². The number of halogens is 3. The Hall–Kier alpha value is -1.23. The molecule has 106 valence electrons. The quantitative estimate of drug-likeness (QED) is 0.903. The number of ether oxygens (including phenoxy) is 1. The van der Waals surface area contributed by atoms with E-state index in [0.29, 0.717) is 6.04 Å². The third-order valence-corrected chi connectivity index (χ3v) is 3.66. The van der Waals surface area contributed by atoms with Gasteiger partial charge in [-0.05, 0) is 43.5 Å². The molecule has 1 aromatic rings. The van der Waals surface area contributed by atoms with Gasteiger partial charge in [0.1, 0.15) is 5.75 Å². The first kappa shape index (κ1) is 14.2. The lowest BCUT2D eigenvalue weighted by atomic mass is 9.80. The molecule has 2 atom stereocenters. The van der Waals surface area contributed by atoms with Gasteiger partial charge in [0.05, 0.1) is 0 Å². The highest BCUT2D eigenvalue weighted by Crippen LogP contribution is 2.35. The van der Waals surface area contributed by atoms with E-state index in [1.807, 2.05) is 13.1 Å². The first-order valence-corrected chi connectivity index (χ1v) is 6.52. The minimum Gasteiger partial charge on any atom is -0.406 e. The monoisotopic (exact) mass is 273 g/mol. The molecule has 2 rings (SSSR count). The zero-order chi connectivity index (χ0) is 13.9. The largest absolute Gasteiger partial charge is 0.573 e. The third-order valence-electron chi connectivity index (χ3n) is 3.66. The van der Waals surface area contributed by atoms with Gasteiger partial charge in [-0.2, -0.15) is 0 Å². The molecule has 0 spiro atoms. The number of hydrogen-bond donors (Lipinski definition) is 1. The number of alkyl halides is 3. The topological polar surface area (TPSA) is 21.3 Å². The molecule has 0 aliphatic heterocycles. The smallest absolute Gasteiger partial charge is 0.406 e. The summed E-state index contributed by atoms with van der Waals surface area (Å²) in [6.45, 7) is 0. The van der Waals surface area contributed by atoms with Gasteiger partial charge in [0, 0.05) is 6.04 Å². The second kappa shape index (κ2) is 5.82. The molecule has 1 fully saturated rings.